The van der Waals surface area contributed by atoms with Crippen LogP contribution < -0.4 is 20.7 Å². The summed E-state index contributed by atoms with van der Waals surface area (Å²) in [6.45, 7) is 7.03. The Morgan fingerprint density at radius 1 is 1.06 bits per heavy atom. The zero-order chi connectivity index (χ0) is 23.8. The van der Waals surface area contributed by atoms with Gasteiger partial charge in [-0.3, -0.25) is 9.69 Å². The summed E-state index contributed by atoms with van der Waals surface area (Å²) in [7, 11) is 1.66. The Balaban J connectivity index is 1.63. The zero-order valence-electron chi connectivity index (χ0n) is 19.5. The number of nitrogens with one attached hydrogen (secondary N) is 3. The third-order valence-electron chi connectivity index (χ3n) is 5.68. The Morgan fingerprint density at radius 2 is 1.79 bits per heavy atom. The second kappa shape index (κ2) is 11.9. The van der Waals surface area contributed by atoms with E-state index in [0.29, 0.717) is 30.3 Å². The lowest BCUT2D eigenvalue weighted by Gasteiger charge is -2.29. The van der Waals surface area contributed by atoms with Crippen LogP contribution in [0.1, 0.15) is 48.7 Å². The van der Waals surface area contributed by atoms with Crippen LogP contribution in [0.4, 0.5) is 10.5 Å². The number of urea groups is 1. The molecule has 1 saturated heterocycles. The van der Waals surface area contributed by atoms with E-state index in [2.05, 4.69) is 20.9 Å². The third kappa shape index (κ3) is 6.85. The first kappa shape index (κ1) is 24.9. The molecule has 3 N–H and O–H groups in total. The van der Waals surface area contributed by atoms with Crippen molar-refractivity contribution in [3.63, 3.8) is 0 Å². The van der Waals surface area contributed by atoms with Gasteiger partial charge in [-0.15, -0.1) is 0 Å². The molecule has 1 unspecified atom stereocenters. The number of halogens is 1. The second-order valence-electron chi connectivity index (χ2n) is 8.63. The number of anilines is 1. The number of nitrogens with zero attached hydrogens (tertiary/aromatic N) is 1. The number of carbonyl (C=O) groups is 2. The maximum atomic E-state index is 12.6. The van der Waals surface area contributed by atoms with Gasteiger partial charge in [0.15, 0.2) is 0 Å². The van der Waals surface area contributed by atoms with E-state index in [1.807, 2.05) is 38.1 Å². The zero-order valence-corrected chi connectivity index (χ0v) is 20.2. The van der Waals surface area contributed by atoms with Gasteiger partial charge in [-0.25, -0.2) is 4.79 Å². The molecule has 0 spiro atoms. The van der Waals surface area contributed by atoms with Gasteiger partial charge in [-0.05, 0) is 56.1 Å². The van der Waals surface area contributed by atoms with Crippen molar-refractivity contribution in [2.24, 2.45) is 5.92 Å². The van der Waals surface area contributed by atoms with Gasteiger partial charge in [-0.1, -0.05) is 43.6 Å². The predicted octanol–water partition coefficient (Wildman–Crippen LogP) is 4.69. The van der Waals surface area contributed by atoms with Gasteiger partial charge in [0, 0.05) is 24.3 Å². The minimum Gasteiger partial charge on any atom is -0.496 e. The van der Waals surface area contributed by atoms with Crippen molar-refractivity contribution >= 4 is 29.2 Å². The lowest BCUT2D eigenvalue weighted by Crippen LogP contribution is -2.38. The molecule has 0 aromatic heterocycles. The molecule has 8 heteroatoms. The monoisotopic (exact) mass is 472 g/mol. The van der Waals surface area contributed by atoms with E-state index in [0.717, 1.165) is 37.2 Å². The largest absolute Gasteiger partial charge is 0.496 e. The quantitative estimate of drug-likeness (QED) is 0.494. The maximum absolute atomic E-state index is 12.6. The topological polar surface area (TPSA) is 82.7 Å². The Bertz CT molecular complexity index is 960. The van der Waals surface area contributed by atoms with Crippen LogP contribution in [0.25, 0.3) is 0 Å². The van der Waals surface area contributed by atoms with Crippen molar-refractivity contribution in [3.8, 4) is 5.75 Å². The molecule has 178 valence electrons. The molecular formula is C25H33ClN4O3. The van der Waals surface area contributed by atoms with E-state index in [1.54, 1.807) is 25.3 Å². The van der Waals surface area contributed by atoms with Crippen LogP contribution in [0.3, 0.4) is 0 Å². The number of likely N-dealkylation sites (tertiary alicyclic amines) is 1. The number of methoxy groups -OCH3 is 1. The highest BCUT2D eigenvalue weighted by molar-refractivity contribution is 6.34. The number of benzene rings is 2. The van der Waals surface area contributed by atoms with Gasteiger partial charge in [0.1, 0.15) is 5.75 Å². The number of hydrogen-bond acceptors (Lipinski definition) is 4. The van der Waals surface area contributed by atoms with Gasteiger partial charge in [0.05, 0.1) is 23.7 Å². The summed E-state index contributed by atoms with van der Waals surface area (Å²) in [6, 6.07) is 12.5. The summed E-state index contributed by atoms with van der Waals surface area (Å²) in [4.78, 5) is 27.3. The van der Waals surface area contributed by atoms with Gasteiger partial charge < -0.3 is 20.7 Å². The van der Waals surface area contributed by atoms with Crippen molar-refractivity contribution in [1.82, 2.24) is 15.5 Å². The highest BCUT2D eigenvalue weighted by Gasteiger charge is 2.26. The van der Waals surface area contributed by atoms with Crippen LogP contribution in [0, 0.1) is 5.92 Å². The van der Waals surface area contributed by atoms with Crippen LogP contribution in [0.5, 0.6) is 5.75 Å². The summed E-state index contributed by atoms with van der Waals surface area (Å²) in [6.07, 6.45) is 2.29. The Morgan fingerprint density at radius 3 is 2.45 bits per heavy atom. The minimum absolute atomic E-state index is 0.0185. The van der Waals surface area contributed by atoms with Crippen LogP contribution in [-0.4, -0.2) is 50.1 Å². The number of ether oxygens (including phenoxy) is 1. The molecule has 3 amide bonds. The molecule has 0 radical (unpaired) electrons. The smallest absolute Gasteiger partial charge is 0.319 e. The van der Waals surface area contributed by atoms with Gasteiger partial charge in [0.2, 0.25) is 0 Å². The molecular weight excluding hydrogens is 440 g/mol. The molecule has 1 aliphatic heterocycles. The molecule has 1 atom stereocenters. The van der Waals surface area contributed by atoms with Crippen molar-refractivity contribution in [2.45, 2.75) is 32.7 Å². The summed E-state index contributed by atoms with van der Waals surface area (Å²) in [5.74, 6) is 0.933. The van der Waals surface area contributed by atoms with Gasteiger partial charge >= 0.3 is 6.03 Å². The summed E-state index contributed by atoms with van der Waals surface area (Å²) in [5.41, 5.74) is 1.96. The molecule has 2 aromatic carbocycles. The fraction of sp³-hybridized carbons (Fsp3) is 0.440. The molecule has 1 heterocycles. The number of carbonyl (C=O) groups excluding carboxylic acids is 2. The van der Waals surface area contributed by atoms with Gasteiger partial charge in [-0.2, -0.15) is 0 Å². The lowest BCUT2D eigenvalue weighted by atomic mass is 10.0. The van der Waals surface area contributed by atoms with Crippen molar-refractivity contribution in [3.05, 3.63) is 58.6 Å². The summed E-state index contributed by atoms with van der Waals surface area (Å²) < 4.78 is 5.56. The highest BCUT2D eigenvalue weighted by atomic mass is 35.5. The van der Waals surface area contributed by atoms with E-state index in [9.17, 15) is 9.59 Å². The number of para-hydroxylation sites is 1. The van der Waals surface area contributed by atoms with E-state index >= 15 is 0 Å². The third-order valence-corrected chi connectivity index (χ3v) is 5.99. The van der Waals surface area contributed by atoms with Crippen molar-refractivity contribution < 1.29 is 14.3 Å². The van der Waals surface area contributed by atoms with Crippen LogP contribution in [0.2, 0.25) is 5.02 Å². The summed E-state index contributed by atoms with van der Waals surface area (Å²) in [5, 5.41) is 8.92. The number of amides is 3. The van der Waals surface area contributed by atoms with E-state index in [-0.39, 0.29) is 23.0 Å². The second-order valence-corrected chi connectivity index (χ2v) is 9.04. The molecule has 1 aliphatic rings. The van der Waals surface area contributed by atoms with Crippen molar-refractivity contribution in [2.75, 3.05) is 38.6 Å². The Labute approximate surface area is 200 Å². The average Bonchev–Trinajstić information content (AvgIpc) is 3.32. The van der Waals surface area contributed by atoms with Crippen LogP contribution in [-0.2, 0) is 0 Å². The highest BCUT2D eigenvalue weighted by Crippen LogP contribution is 2.31. The average molecular weight is 473 g/mol. The Kier molecular flexibility index (Phi) is 8.97. The molecule has 33 heavy (non-hydrogen) atoms. The predicted molar refractivity (Wildman–Crippen MR) is 132 cm³/mol. The fourth-order valence-electron chi connectivity index (χ4n) is 3.96. The number of rotatable bonds is 9. The first-order valence-electron chi connectivity index (χ1n) is 11.4. The van der Waals surface area contributed by atoms with Crippen molar-refractivity contribution in [1.29, 1.82) is 0 Å². The molecule has 2 aromatic rings. The van der Waals surface area contributed by atoms with Gasteiger partial charge in [0.25, 0.3) is 5.91 Å². The SMILES string of the molecule is COc1ccccc1C(CNC(=O)Nc1ccc(C(=O)NCC(C)C)c(Cl)c1)N1CCCC1. The minimum atomic E-state index is -0.331. The van der Waals surface area contributed by atoms with E-state index in [1.165, 1.54) is 0 Å². The van der Waals surface area contributed by atoms with E-state index in [4.69, 9.17) is 16.3 Å². The number of hydrogen-bond donors (Lipinski definition) is 3. The van der Waals surface area contributed by atoms with E-state index < -0.39 is 0 Å². The Hall–Kier alpha value is -2.77. The first-order valence-corrected chi connectivity index (χ1v) is 11.8. The van der Waals surface area contributed by atoms with Crippen LogP contribution >= 0.6 is 11.6 Å². The molecule has 3 rings (SSSR count). The molecule has 7 nitrogen and oxygen atoms in total. The first-order chi connectivity index (χ1) is 15.9. The normalized spacial score (nSPS) is 14.7. The van der Waals surface area contributed by atoms with Crippen LogP contribution in [0.15, 0.2) is 42.5 Å². The standard InChI is InChI=1S/C25H33ClN4O3/c1-17(2)15-27-24(31)19-11-10-18(14-21(19)26)29-25(32)28-16-22(30-12-6-7-13-30)20-8-4-5-9-23(20)33-3/h4-5,8-11,14,17,22H,6-7,12-13,15-16H2,1-3H3,(H,27,31)(H2,28,29,32). The molecule has 1 fully saturated rings. The maximum Gasteiger partial charge on any atom is 0.319 e. The molecule has 0 saturated carbocycles. The lowest BCUT2D eigenvalue weighted by molar-refractivity contribution is 0.0949. The summed E-state index contributed by atoms with van der Waals surface area (Å²) >= 11 is 6.30. The molecule has 0 bridgehead atoms. The molecule has 0 aliphatic carbocycles. The fourth-order valence-corrected chi connectivity index (χ4v) is 4.23.